The summed E-state index contributed by atoms with van der Waals surface area (Å²) in [5.74, 6) is 2.04. The third-order valence-corrected chi connectivity index (χ3v) is 5.19. The number of hydrogen-bond donors (Lipinski definition) is 0. The molecule has 0 radical (unpaired) electrons. The molecule has 0 unspecified atom stereocenters. The van der Waals surface area contributed by atoms with E-state index in [0.29, 0.717) is 0 Å². The van der Waals surface area contributed by atoms with E-state index in [0.717, 1.165) is 11.8 Å². The molecule has 0 atom stereocenters. The van der Waals surface area contributed by atoms with E-state index in [4.69, 9.17) is 0 Å². The monoisotopic (exact) mass is 338 g/mol. The Bertz CT molecular complexity index is 567. The molecule has 0 saturated heterocycles. The molecule has 0 N–H and O–H groups in total. The van der Waals surface area contributed by atoms with E-state index in [2.05, 4.69) is 90.9 Å². The molecule has 0 spiro atoms. The van der Waals surface area contributed by atoms with Crippen LogP contribution < -0.4 is 0 Å². The van der Waals surface area contributed by atoms with Crippen LogP contribution in [-0.4, -0.2) is 0 Å². The van der Waals surface area contributed by atoms with E-state index in [1.54, 1.807) is 0 Å². The van der Waals surface area contributed by atoms with Crippen molar-refractivity contribution in [3.63, 3.8) is 0 Å². The van der Waals surface area contributed by atoms with Crippen LogP contribution >= 0.6 is 0 Å². The first-order valence-corrected chi connectivity index (χ1v) is 9.85. The molecular formula is C25H38. The molecule has 1 aliphatic carbocycles. The molecule has 2 aromatic rings. The number of rotatable bonds is 0. The van der Waals surface area contributed by atoms with Crippen LogP contribution in [0.25, 0.3) is 0 Å². The second kappa shape index (κ2) is 11.1. The van der Waals surface area contributed by atoms with Gasteiger partial charge in [-0.1, -0.05) is 98.7 Å². The van der Waals surface area contributed by atoms with Gasteiger partial charge >= 0.3 is 0 Å². The summed E-state index contributed by atoms with van der Waals surface area (Å²) < 4.78 is 0. The van der Waals surface area contributed by atoms with Gasteiger partial charge in [-0.15, -0.1) is 0 Å². The fraction of sp³-hybridized carbons (Fsp3) is 0.520. The Morgan fingerprint density at radius 2 is 0.880 bits per heavy atom. The van der Waals surface area contributed by atoms with Crippen LogP contribution in [0.5, 0.6) is 0 Å². The predicted octanol–water partition coefficient (Wildman–Crippen LogP) is 7.75. The molecule has 138 valence electrons. The van der Waals surface area contributed by atoms with Crippen molar-refractivity contribution in [3.05, 3.63) is 70.3 Å². The maximum atomic E-state index is 2.37. The minimum Gasteiger partial charge on any atom is -0.0625 e. The number of hydrogen-bond acceptors (Lipinski definition) is 0. The number of aryl methyl sites for hydroxylation is 5. The lowest BCUT2D eigenvalue weighted by Crippen LogP contribution is -2.08. The lowest BCUT2D eigenvalue weighted by molar-refractivity contribution is 0.308. The summed E-state index contributed by atoms with van der Waals surface area (Å²) in [5.41, 5.74) is 6.76. The summed E-state index contributed by atoms with van der Waals surface area (Å²) in [6.07, 6.45) is 5.89. The molecule has 3 rings (SSSR count). The summed E-state index contributed by atoms with van der Waals surface area (Å²) in [6.45, 7) is 15.3. The summed E-state index contributed by atoms with van der Waals surface area (Å²) in [5, 5.41) is 0. The first-order chi connectivity index (χ1) is 11.8. The Morgan fingerprint density at radius 3 is 1.20 bits per heavy atom. The van der Waals surface area contributed by atoms with Gasteiger partial charge in [0.25, 0.3) is 0 Å². The van der Waals surface area contributed by atoms with E-state index in [1.807, 2.05) is 0 Å². The van der Waals surface area contributed by atoms with E-state index < -0.39 is 0 Å². The Morgan fingerprint density at radius 1 is 0.520 bits per heavy atom. The minimum absolute atomic E-state index is 1.02. The molecule has 2 aromatic carbocycles. The van der Waals surface area contributed by atoms with Gasteiger partial charge < -0.3 is 0 Å². The van der Waals surface area contributed by atoms with E-state index >= 15 is 0 Å². The third kappa shape index (κ3) is 9.48. The van der Waals surface area contributed by atoms with E-state index in [-0.39, 0.29) is 0 Å². The zero-order valence-corrected chi connectivity index (χ0v) is 17.5. The molecule has 1 fully saturated rings. The van der Waals surface area contributed by atoms with Gasteiger partial charge in [0.15, 0.2) is 0 Å². The first kappa shape index (κ1) is 21.5. The van der Waals surface area contributed by atoms with Crippen molar-refractivity contribution in [1.82, 2.24) is 0 Å². The van der Waals surface area contributed by atoms with Crippen LogP contribution in [0.2, 0.25) is 0 Å². The highest BCUT2D eigenvalue weighted by Gasteiger charge is 2.13. The van der Waals surface area contributed by atoms with Crippen molar-refractivity contribution < 1.29 is 0 Å². The third-order valence-electron chi connectivity index (χ3n) is 5.19. The van der Waals surface area contributed by atoms with Crippen LogP contribution in [0, 0.1) is 46.5 Å². The maximum absolute atomic E-state index is 2.37. The van der Waals surface area contributed by atoms with Gasteiger partial charge in [-0.3, -0.25) is 0 Å². The fourth-order valence-corrected chi connectivity index (χ4v) is 2.95. The second-order valence-corrected chi connectivity index (χ2v) is 8.11. The molecule has 0 aliphatic heterocycles. The van der Waals surface area contributed by atoms with E-state index in [1.165, 1.54) is 53.5 Å². The molecule has 1 saturated carbocycles. The Hall–Kier alpha value is -1.56. The van der Waals surface area contributed by atoms with Crippen molar-refractivity contribution in [2.75, 3.05) is 0 Å². The van der Waals surface area contributed by atoms with Crippen LogP contribution in [-0.2, 0) is 0 Å². The molecule has 0 nitrogen and oxygen atoms in total. The highest BCUT2D eigenvalue weighted by atomic mass is 14.2. The minimum atomic E-state index is 1.02. The highest BCUT2D eigenvalue weighted by Crippen LogP contribution is 2.27. The van der Waals surface area contributed by atoms with E-state index in [9.17, 15) is 0 Å². The predicted molar refractivity (Wildman–Crippen MR) is 113 cm³/mol. The summed E-state index contributed by atoms with van der Waals surface area (Å²) in [4.78, 5) is 0. The van der Waals surface area contributed by atoms with Crippen molar-refractivity contribution in [2.45, 2.75) is 74.1 Å². The molecule has 0 amide bonds. The number of benzene rings is 2. The highest BCUT2D eigenvalue weighted by molar-refractivity contribution is 5.28. The van der Waals surface area contributed by atoms with Crippen molar-refractivity contribution in [3.8, 4) is 0 Å². The Balaban J connectivity index is 0.000000188. The Labute approximate surface area is 156 Å². The molecule has 0 heteroatoms. The van der Waals surface area contributed by atoms with Crippen molar-refractivity contribution in [1.29, 1.82) is 0 Å². The van der Waals surface area contributed by atoms with Gasteiger partial charge in [-0.05, 0) is 57.6 Å². The van der Waals surface area contributed by atoms with Crippen LogP contribution in [0.15, 0.2) is 42.5 Å². The molecule has 0 bridgehead atoms. The molecule has 1 aliphatic rings. The SMILES string of the molecule is CC1CCC(C)CC1.Cc1ccc(C)c(C)c1.Cc1ccc(C)cc1. The second-order valence-electron chi connectivity index (χ2n) is 8.11. The smallest absolute Gasteiger partial charge is 0.0395 e. The van der Waals surface area contributed by atoms with Gasteiger partial charge in [0.05, 0.1) is 0 Å². The Kier molecular flexibility index (Phi) is 9.57. The lowest BCUT2D eigenvalue weighted by Gasteiger charge is -2.22. The molecule has 0 heterocycles. The van der Waals surface area contributed by atoms with Gasteiger partial charge in [0.2, 0.25) is 0 Å². The van der Waals surface area contributed by atoms with Crippen LogP contribution in [0.3, 0.4) is 0 Å². The standard InChI is InChI=1S/C9H12.C8H16.C8H10/c1-7-4-5-8(2)9(3)6-7;2*1-7-3-5-8(2)6-4-7/h4-6H,1-3H3;7-8H,3-6H2,1-2H3;3-6H,1-2H3. The normalized spacial score (nSPS) is 19.2. The van der Waals surface area contributed by atoms with Crippen molar-refractivity contribution in [2.24, 2.45) is 11.8 Å². The van der Waals surface area contributed by atoms with Crippen LogP contribution in [0.1, 0.15) is 67.3 Å². The zero-order chi connectivity index (χ0) is 18.8. The summed E-state index contributed by atoms with van der Waals surface area (Å²) in [7, 11) is 0. The average Bonchev–Trinajstić information content (AvgIpc) is 2.58. The van der Waals surface area contributed by atoms with Gasteiger partial charge in [0, 0.05) is 0 Å². The average molecular weight is 339 g/mol. The largest absolute Gasteiger partial charge is 0.0625 e. The van der Waals surface area contributed by atoms with Crippen molar-refractivity contribution >= 4 is 0 Å². The topological polar surface area (TPSA) is 0 Å². The van der Waals surface area contributed by atoms with Gasteiger partial charge in [0.1, 0.15) is 0 Å². The molecular weight excluding hydrogens is 300 g/mol. The fourth-order valence-electron chi connectivity index (χ4n) is 2.95. The lowest BCUT2D eigenvalue weighted by atomic mass is 9.84. The van der Waals surface area contributed by atoms with Gasteiger partial charge in [-0.25, -0.2) is 0 Å². The summed E-state index contributed by atoms with van der Waals surface area (Å²) in [6, 6.07) is 15.0. The maximum Gasteiger partial charge on any atom is -0.0395 e. The summed E-state index contributed by atoms with van der Waals surface area (Å²) >= 11 is 0. The molecule has 25 heavy (non-hydrogen) atoms. The van der Waals surface area contributed by atoms with Gasteiger partial charge in [-0.2, -0.15) is 0 Å². The quantitative estimate of drug-likeness (QED) is 0.460. The van der Waals surface area contributed by atoms with Crippen LogP contribution in [0.4, 0.5) is 0 Å². The molecule has 0 aromatic heterocycles. The zero-order valence-electron chi connectivity index (χ0n) is 17.5. The first-order valence-electron chi connectivity index (χ1n) is 9.85.